The second-order valence-electron chi connectivity index (χ2n) is 6.65. The Balaban J connectivity index is 1.44. The molecule has 5 nitrogen and oxygen atoms in total. The number of rotatable bonds is 6. The maximum Gasteiger partial charge on any atom is 0.221 e. The molecule has 3 rings (SSSR count). The van der Waals surface area contributed by atoms with Crippen molar-refractivity contribution in [1.82, 2.24) is 19.8 Å². The molecule has 0 bridgehead atoms. The van der Waals surface area contributed by atoms with Gasteiger partial charge in [0.2, 0.25) is 5.91 Å². The quantitative estimate of drug-likeness (QED) is 0.876. The fourth-order valence-corrected chi connectivity index (χ4v) is 3.42. The Bertz CT molecular complexity index is 715. The van der Waals surface area contributed by atoms with Crippen LogP contribution >= 0.6 is 0 Å². The average Bonchev–Trinajstić information content (AvgIpc) is 3.05. The van der Waals surface area contributed by atoms with Gasteiger partial charge >= 0.3 is 0 Å². The molecule has 2 heterocycles. The Morgan fingerprint density at radius 3 is 3.00 bits per heavy atom. The molecule has 134 valence electrons. The Morgan fingerprint density at radius 1 is 1.40 bits per heavy atom. The fourth-order valence-electron chi connectivity index (χ4n) is 3.42. The lowest BCUT2D eigenvalue weighted by atomic mass is 9.97. The summed E-state index contributed by atoms with van der Waals surface area (Å²) in [6.45, 7) is 2.92. The van der Waals surface area contributed by atoms with E-state index in [9.17, 15) is 9.18 Å². The van der Waals surface area contributed by atoms with Crippen molar-refractivity contribution in [3.05, 3.63) is 53.9 Å². The average molecular weight is 344 g/mol. The third-order valence-corrected chi connectivity index (χ3v) is 4.82. The predicted octanol–water partition coefficient (Wildman–Crippen LogP) is 2.45. The number of nitrogens with zero attached hydrogens (tertiary/aromatic N) is 3. The normalized spacial score (nSPS) is 18.2. The number of piperidine rings is 1. The highest BCUT2D eigenvalue weighted by Gasteiger charge is 2.24. The smallest absolute Gasteiger partial charge is 0.221 e. The van der Waals surface area contributed by atoms with Crippen molar-refractivity contribution >= 4 is 5.91 Å². The number of halogens is 1. The number of carbonyl (C=O) groups excluding carboxylic acids is 1. The molecule has 1 N–H and O–H groups in total. The molecular weight excluding hydrogens is 319 g/mol. The van der Waals surface area contributed by atoms with Crippen molar-refractivity contribution in [2.75, 3.05) is 19.6 Å². The first-order valence-electron chi connectivity index (χ1n) is 8.83. The van der Waals surface area contributed by atoms with E-state index in [1.54, 1.807) is 18.2 Å². The van der Waals surface area contributed by atoms with Crippen LogP contribution in [0.15, 0.2) is 36.7 Å². The minimum absolute atomic E-state index is 0.0395. The molecule has 0 aliphatic carbocycles. The van der Waals surface area contributed by atoms with E-state index in [4.69, 9.17) is 0 Å². The van der Waals surface area contributed by atoms with Crippen molar-refractivity contribution in [3.63, 3.8) is 0 Å². The molecule has 1 aromatic carbocycles. The highest BCUT2D eigenvalue weighted by atomic mass is 19.1. The third kappa shape index (κ3) is 4.66. The van der Waals surface area contributed by atoms with Crippen LogP contribution in [0.3, 0.4) is 0 Å². The van der Waals surface area contributed by atoms with E-state index in [0.29, 0.717) is 17.9 Å². The van der Waals surface area contributed by atoms with Crippen LogP contribution < -0.4 is 5.32 Å². The minimum atomic E-state index is -0.281. The van der Waals surface area contributed by atoms with Crippen molar-refractivity contribution < 1.29 is 9.18 Å². The van der Waals surface area contributed by atoms with Gasteiger partial charge in [-0.25, -0.2) is 9.37 Å². The van der Waals surface area contributed by atoms with Gasteiger partial charge in [-0.15, -0.1) is 0 Å². The molecule has 2 aromatic rings. The van der Waals surface area contributed by atoms with E-state index >= 15 is 0 Å². The molecule has 1 saturated heterocycles. The summed E-state index contributed by atoms with van der Waals surface area (Å²) in [7, 11) is 2.03. The summed E-state index contributed by atoms with van der Waals surface area (Å²) >= 11 is 0. The Kier molecular flexibility index (Phi) is 5.81. The zero-order valence-corrected chi connectivity index (χ0v) is 14.6. The van der Waals surface area contributed by atoms with Gasteiger partial charge in [0, 0.05) is 57.0 Å². The predicted molar refractivity (Wildman–Crippen MR) is 94.5 cm³/mol. The Morgan fingerprint density at radius 2 is 2.24 bits per heavy atom. The first-order valence-corrected chi connectivity index (χ1v) is 8.83. The highest BCUT2D eigenvalue weighted by molar-refractivity contribution is 5.76. The fraction of sp³-hybridized carbons (Fsp3) is 0.474. The summed E-state index contributed by atoms with van der Waals surface area (Å²) in [5, 5.41) is 2.81. The van der Waals surface area contributed by atoms with Crippen molar-refractivity contribution in [3.8, 4) is 0 Å². The second kappa shape index (κ2) is 8.25. The number of aromatic nitrogens is 2. The summed E-state index contributed by atoms with van der Waals surface area (Å²) in [4.78, 5) is 18.8. The lowest BCUT2D eigenvalue weighted by Crippen LogP contribution is -2.38. The molecular formula is C19H25FN4O. The SMILES string of the molecule is Cn1ccnc1[C@H]1CCCN(CCC(=O)NCc2ccccc2F)C1. The van der Waals surface area contributed by atoms with E-state index in [2.05, 4.69) is 19.8 Å². The van der Waals surface area contributed by atoms with Gasteiger partial charge in [0.1, 0.15) is 11.6 Å². The molecule has 25 heavy (non-hydrogen) atoms. The summed E-state index contributed by atoms with van der Waals surface area (Å²) in [6.07, 6.45) is 6.51. The molecule has 6 heteroatoms. The summed E-state index contributed by atoms with van der Waals surface area (Å²) in [5.74, 6) is 1.23. The Labute approximate surface area is 147 Å². The maximum absolute atomic E-state index is 13.6. The van der Waals surface area contributed by atoms with E-state index in [1.165, 1.54) is 6.07 Å². The third-order valence-electron chi connectivity index (χ3n) is 4.82. The van der Waals surface area contributed by atoms with Crippen molar-refractivity contribution in [2.24, 2.45) is 7.05 Å². The number of benzene rings is 1. The lowest BCUT2D eigenvalue weighted by molar-refractivity contribution is -0.121. The molecule has 0 spiro atoms. The second-order valence-corrected chi connectivity index (χ2v) is 6.65. The number of carbonyl (C=O) groups is 1. The van der Waals surface area contributed by atoms with E-state index in [1.807, 2.05) is 19.4 Å². The van der Waals surface area contributed by atoms with Crippen LogP contribution in [0.1, 0.15) is 36.6 Å². The zero-order valence-electron chi connectivity index (χ0n) is 14.6. The molecule has 1 aliphatic heterocycles. The first-order chi connectivity index (χ1) is 12.1. The number of hydrogen-bond donors (Lipinski definition) is 1. The van der Waals surface area contributed by atoms with Crippen LogP contribution in [0.5, 0.6) is 0 Å². The first kappa shape index (κ1) is 17.6. The number of aryl methyl sites for hydroxylation is 1. The molecule has 1 aliphatic rings. The number of likely N-dealkylation sites (tertiary alicyclic amines) is 1. The molecule has 1 aromatic heterocycles. The van der Waals surface area contributed by atoms with Crippen LogP contribution in [0.2, 0.25) is 0 Å². The molecule has 1 amide bonds. The standard InChI is InChI=1S/C19H25FN4O/c1-23-12-9-21-19(23)16-6-4-10-24(14-16)11-8-18(25)22-13-15-5-2-3-7-17(15)20/h2-3,5,7,9,12,16H,4,6,8,10-11,13-14H2,1H3,(H,22,25)/t16-/m0/s1. The van der Waals surface area contributed by atoms with Crippen LogP contribution in [-0.4, -0.2) is 40.0 Å². The van der Waals surface area contributed by atoms with Crippen LogP contribution in [0.25, 0.3) is 0 Å². The van der Waals surface area contributed by atoms with Gasteiger partial charge in [-0.2, -0.15) is 0 Å². The number of imidazole rings is 1. The molecule has 1 fully saturated rings. The summed E-state index contributed by atoms with van der Waals surface area (Å²) < 4.78 is 15.6. The van der Waals surface area contributed by atoms with Crippen molar-refractivity contribution in [2.45, 2.75) is 31.7 Å². The van der Waals surface area contributed by atoms with Crippen LogP contribution in [0, 0.1) is 5.82 Å². The summed E-state index contributed by atoms with van der Waals surface area (Å²) in [5.41, 5.74) is 0.517. The molecule has 0 radical (unpaired) electrons. The van der Waals surface area contributed by atoms with Crippen LogP contribution in [0.4, 0.5) is 4.39 Å². The maximum atomic E-state index is 13.6. The van der Waals surface area contributed by atoms with Crippen molar-refractivity contribution in [1.29, 1.82) is 0 Å². The van der Waals surface area contributed by atoms with Gasteiger partial charge in [-0.1, -0.05) is 18.2 Å². The van der Waals surface area contributed by atoms with E-state index in [0.717, 1.165) is 38.3 Å². The molecule has 0 saturated carbocycles. The highest BCUT2D eigenvalue weighted by Crippen LogP contribution is 2.25. The number of nitrogens with one attached hydrogen (secondary N) is 1. The number of hydrogen-bond acceptors (Lipinski definition) is 3. The topological polar surface area (TPSA) is 50.2 Å². The van der Waals surface area contributed by atoms with Gasteiger partial charge in [-0.3, -0.25) is 4.79 Å². The van der Waals surface area contributed by atoms with Gasteiger partial charge in [0.25, 0.3) is 0 Å². The van der Waals surface area contributed by atoms with Gasteiger partial charge in [0.05, 0.1) is 0 Å². The van der Waals surface area contributed by atoms with Crippen LogP contribution in [-0.2, 0) is 18.4 Å². The lowest BCUT2D eigenvalue weighted by Gasteiger charge is -2.32. The van der Waals surface area contributed by atoms with Gasteiger partial charge in [0.15, 0.2) is 0 Å². The monoisotopic (exact) mass is 344 g/mol. The number of amides is 1. The zero-order chi connectivity index (χ0) is 17.6. The molecule has 0 unspecified atom stereocenters. The van der Waals surface area contributed by atoms with Gasteiger partial charge in [-0.05, 0) is 25.5 Å². The molecule has 1 atom stereocenters. The largest absolute Gasteiger partial charge is 0.352 e. The van der Waals surface area contributed by atoms with Gasteiger partial charge < -0.3 is 14.8 Å². The summed E-state index contributed by atoms with van der Waals surface area (Å²) in [6, 6.07) is 6.52. The minimum Gasteiger partial charge on any atom is -0.352 e. The Hall–Kier alpha value is -2.21. The van der Waals surface area contributed by atoms with E-state index < -0.39 is 0 Å². The van der Waals surface area contributed by atoms with E-state index in [-0.39, 0.29) is 18.3 Å².